The molecule has 0 bridgehead atoms. The Morgan fingerprint density at radius 3 is 2.92 bits per heavy atom. The first-order chi connectivity index (χ1) is 5.75. The first kappa shape index (κ1) is 8.54. The SMILES string of the molecule is Cc1cccc(=O)n1CCC#N. The molecule has 1 aromatic rings. The van der Waals surface area contributed by atoms with E-state index in [1.807, 2.05) is 19.1 Å². The summed E-state index contributed by atoms with van der Waals surface area (Å²) in [5.41, 5.74) is 0.864. The van der Waals surface area contributed by atoms with Gasteiger partial charge in [0.1, 0.15) is 0 Å². The topological polar surface area (TPSA) is 45.8 Å². The molecule has 0 spiro atoms. The van der Waals surface area contributed by atoms with Gasteiger partial charge in [-0.3, -0.25) is 4.79 Å². The molecular formula is C9H10N2O. The number of nitriles is 1. The second kappa shape index (κ2) is 3.72. The summed E-state index contributed by atoms with van der Waals surface area (Å²) in [5.74, 6) is 0. The van der Waals surface area contributed by atoms with Gasteiger partial charge in [-0.05, 0) is 13.0 Å². The first-order valence-electron chi connectivity index (χ1n) is 3.79. The fourth-order valence-corrected chi connectivity index (χ4v) is 1.07. The Morgan fingerprint density at radius 1 is 1.58 bits per heavy atom. The Kier molecular flexibility index (Phi) is 2.65. The highest BCUT2D eigenvalue weighted by Crippen LogP contribution is 1.94. The van der Waals surface area contributed by atoms with Crippen LogP contribution in [0.2, 0.25) is 0 Å². The van der Waals surface area contributed by atoms with Gasteiger partial charge in [-0.2, -0.15) is 5.26 Å². The van der Waals surface area contributed by atoms with Crippen molar-refractivity contribution in [2.45, 2.75) is 19.9 Å². The van der Waals surface area contributed by atoms with Crippen molar-refractivity contribution in [3.05, 3.63) is 34.2 Å². The maximum absolute atomic E-state index is 11.2. The fraction of sp³-hybridized carbons (Fsp3) is 0.333. The summed E-state index contributed by atoms with van der Waals surface area (Å²) in [5, 5.41) is 8.34. The van der Waals surface area contributed by atoms with Gasteiger partial charge in [-0.15, -0.1) is 0 Å². The molecule has 3 heteroatoms. The highest BCUT2D eigenvalue weighted by molar-refractivity contribution is 5.04. The largest absolute Gasteiger partial charge is 0.312 e. The summed E-state index contributed by atoms with van der Waals surface area (Å²) in [4.78, 5) is 11.2. The average Bonchev–Trinajstić information content (AvgIpc) is 2.04. The van der Waals surface area contributed by atoms with Crippen LogP contribution < -0.4 is 5.56 Å². The number of aromatic nitrogens is 1. The van der Waals surface area contributed by atoms with Gasteiger partial charge in [-0.25, -0.2) is 0 Å². The lowest BCUT2D eigenvalue weighted by molar-refractivity contribution is 0.664. The zero-order chi connectivity index (χ0) is 8.97. The predicted molar refractivity (Wildman–Crippen MR) is 45.7 cm³/mol. The molecule has 1 heterocycles. The second-order valence-electron chi connectivity index (χ2n) is 2.57. The summed E-state index contributed by atoms with van der Waals surface area (Å²) in [7, 11) is 0. The Hall–Kier alpha value is -1.56. The van der Waals surface area contributed by atoms with Crippen molar-refractivity contribution >= 4 is 0 Å². The van der Waals surface area contributed by atoms with Crippen LogP contribution in [-0.4, -0.2) is 4.57 Å². The molecule has 0 aliphatic heterocycles. The molecule has 0 atom stereocenters. The minimum absolute atomic E-state index is 0.0368. The monoisotopic (exact) mass is 162 g/mol. The van der Waals surface area contributed by atoms with Crippen LogP contribution >= 0.6 is 0 Å². The average molecular weight is 162 g/mol. The number of pyridine rings is 1. The fourth-order valence-electron chi connectivity index (χ4n) is 1.07. The van der Waals surface area contributed by atoms with Gasteiger partial charge >= 0.3 is 0 Å². The Balaban J connectivity index is 2.98. The van der Waals surface area contributed by atoms with Crippen molar-refractivity contribution in [3.8, 4) is 6.07 Å². The Morgan fingerprint density at radius 2 is 2.33 bits per heavy atom. The summed E-state index contributed by atoms with van der Waals surface area (Å²) in [6, 6.07) is 7.10. The van der Waals surface area contributed by atoms with E-state index in [0.29, 0.717) is 13.0 Å². The molecule has 0 fully saturated rings. The van der Waals surface area contributed by atoms with E-state index in [2.05, 4.69) is 0 Å². The molecule has 62 valence electrons. The summed E-state index contributed by atoms with van der Waals surface area (Å²) in [6.45, 7) is 2.35. The lowest BCUT2D eigenvalue weighted by atomic mass is 10.3. The maximum atomic E-state index is 11.2. The third-order valence-corrected chi connectivity index (χ3v) is 1.72. The Labute approximate surface area is 70.9 Å². The number of hydrogen-bond donors (Lipinski definition) is 0. The van der Waals surface area contributed by atoms with Gasteiger partial charge in [0.25, 0.3) is 5.56 Å². The molecule has 1 aromatic heterocycles. The van der Waals surface area contributed by atoms with Gasteiger partial charge < -0.3 is 4.57 Å². The van der Waals surface area contributed by atoms with Crippen molar-refractivity contribution in [2.24, 2.45) is 0 Å². The quantitative estimate of drug-likeness (QED) is 0.653. The molecule has 0 aromatic carbocycles. The van der Waals surface area contributed by atoms with Gasteiger partial charge in [0.15, 0.2) is 0 Å². The predicted octanol–water partition coefficient (Wildman–Crippen LogP) is 1.07. The molecule has 0 saturated carbocycles. The minimum atomic E-state index is -0.0368. The highest BCUT2D eigenvalue weighted by Gasteiger charge is 1.96. The van der Waals surface area contributed by atoms with Crippen LogP contribution in [-0.2, 0) is 6.54 Å². The molecule has 0 aliphatic carbocycles. The third kappa shape index (κ3) is 1.73. The molecule has 0 aliphatic rings. The van der Waals surface area contributed by atoms with E-state index < -0.39 is 0 Å². The van der Waals surface area contributed by atoms with Crippen molar-refractivity contribution in [2.75, 3.05) is 0 Å². The van der Waals surface area contributed by atoms with Crippen LogP contribution in [0.1, 0.15) is 12.1 Å². The molecule has 0 N–H and O–H groups in total. The normalized spacial score (nSPS) is 9.33. The summed E-state index contributed by atoms with van der Waals surface area (Å²) < 4.78 is 1.60. The van der Waals surface area contributed by atoms with Crippen molar-refractivity contribution < 1.29 is 0 Å². The van der Waals surface area contributed by atoms with Crippen molar-refractivity contribution in [3.63, 3.8) is 0 Å². The van der Waals surface area contributed by atoms with E-state index in [1.54, 1.807) is 10.6 Å². The zero-order valence-electron chi connectivity index (χ0n) is 6.95. The number of rotatable bonds is 2. The molecule has 1 rings (SSSR count). The lowest BCUT2D eigenvalue weighted by Crippen LogP contribution is -2.20. The molecule has 3 nitrogen and oxygen atoms in total. The van der Waals surface area contributed by atoms with Crippen LogP contribution in [0.25, 0.3) is 0 Å². The highest BCUT2D eigenvalue weighted by atomic mass is 16.1. The zero-order valence-corrected chi connectivity index (χ0v) is 6.95. The number of nitrogens with zero attached hydrogens (tertiary/aromatic N) is 2. The molecule has 12 heavy (non-hydrogen) atoms. The van der Waals surface area contributed by atoms with Crippen molar-refractivity contribution in [1.29, 1.82) is 5.26 Å². The van der Waals surface area contributed by atoms with E-state index in [9.17, 15) is 4.79 Å². The smallest absolute Gasteiger partial charge is 0.250 e. The molecule has 0 amide bonds. The van der Waals surface area contributed by atoms with Crippen LogP contribution in [0.3, 0.4) is 0 Å². The molecule has 0 unspecified atom stereocenters. The second-order valence-corrected chi connectivity index (χ2v) is 2.57. The van der Waals surface area contributed by atoms with E-state index >= 15 is 0 Å². The minimum Gasteiger partial charge on any atom is -0.312 e. The van der Waals surface area contributed by atoms with Gasteiger partial charge in [0, 0.05) is 18.3 Å². The number of aryl methyl sites for hydroxylation is 1. The molecular weight excluding hydrogens is 152 g/mol. The van der Waals surface area contributed by atoms with Crippen LogP contribution in [0.4, 0.5) is 0 Å². The molecule has 0 radical (unpaired) electrons. The van der Waals surface area contributed by atoms with E-state index in [4.69, 9.17) is 5.26 Å². The summed E-state index contributed by atoms with van der Waals surface area (Å²) >= 11 is 0. The van der Waals surface area contributed by atoms with Gasteiger partial charge in [-0.1, -0.05) is 6.07 Å². The van der Waals surface area contributed by atoms with E-state index in [1.165, 1.54) is 6.07 Å². The third-order valence-electron chi connectivity index (χ3n) is 1.72. The van der Waals surface area contributed by atoms with Crippen molar-refractivity contribution in [1.82, 2.24) is 4.57 Å². The van der Waals surface area contributed by atoms with Crippen LogP contribution in [0.15, 0.2) is 23.0 Å². The van der Waals surface area contributed by atoms with Crippen LogP contribution in [0, 0.1) is 18.3 Å². The Bertz CT molecular complexity index is 360. The van der Waals surface area contributed by atoms with Crippen LogP contribution in [0.5, 0.6) is 0 Å². The molecule has 0 saturated heterocycles. The van der Waals surface area contributed by atoms with E-state index in [-0.39, 0.29) is 5.56 Å². The summed E-state index contributed by atoms with van der Waals surface area (Å²) in [6.07, 6.45) is 0.380. The first-order valence-corrected chi connectivity index (χ1v) is 3.79. The number of hydrogen-bond acceptors (Lipinski definition) is 2. The van der Waals surface area contributed by atoms with E-state index in [0.717, 1.165) is 5.69 Å². The standard InChI is InChI=1S/C9H10N2O/c1-8-4-2-5-9(12)11(8)7-3-6-10/h2,4-5H,3,7H2,1H3. The lowest BCUT2D eigenvalue weighted by Gasteiger charge is -2.05. The maximum Gasteiger partial charge on any atom is 0.250 e. The van der Waals surface area contributed by atoms with Gasteiger partial charge in [0.05, 0.1) is 12.5 Å². The van der Waals surface area contributed by atoms with Gasteiger partial charge in [0.2, 0.25) is 0 Å².